The number of carbonyl (C=O) groups is 1. The molecule has 3 aromatic rings. The molecule has 2 aromatic heterocycles. The SMILES string of the molecule is Nc1nc(C(=O)c2ccccc2)nc2c1ncn2[C]1O[C@H](CO)[C@@H](O)[C@H]1O. The summed E-state index contributed by atoms with van der Waals surface area (Å²) in [5.74, 6) is -0.575. The monoisotopic (exact) mass is 370 g/mol. The van der Waals surface area contributed by atoms with Gasteiger partial charge in [0.15, 0.2) is 11.5 Å². The minimum atomic E-state index is -1.40. The van der Waals surface area contributed by atoms with E-state index >= 15 is 0 Å². The van der Waals surface area contributed by atoms with Crippen LogP contribution in [0.15, 0.2) is 36.7 Å². The normalized spacial score (nSPS) is 23.1. The summed E-state index contributed by atoms with van der Waals surface area (Å²) in [6.07, 6.45) is -2.48. The number of nitrogens with two attached hydrogens (primary N) is 1. The zero-order valence-corrected chi connectivity index (χ0v) is 13.9. The molecule has 1 fully saturated rings. The lowest BCUT2D eigenvalue weighted by Crippen LogP contribution is -2.33. The average molecular weight is 370 g/mol. The molecule has 10 nitrogen and oxygen atoms in total. The van der Waals surface area contributed by atoms with Crippen molar-refractivity contribution < 1.29 is 24.9 Å². The first-order valence-corrected chi connectivity index (χ1v) is 8.12. The van der Waals surface area contributed by atoms with E-state index in [9.17, 15) is 20.1 Å². The van der Waals surface area contributed by atoms with Crippen molar-refractivity contribution in [3.8, 4) is 0 Å². The van der Waals surface area contributed by atoms with Crippen molar-refractivity contribution >= 4 is 22.8 Å². The molecule has 1 aliphatic rings. The summed E-state index contributed by atoms with van der Waals surface area (Å²) in [7, 11) is 0. The summed E-state index contributed by atoms with van der Waals surface area (Å²) in [5, 5.41) is 29.4. The van der Waals surface area contributed by atoms with Crippen molar-refractivity contribution in [1.82, 2.24) is 19.5 Å². The summed E-state index contributed by atoms with van der Waals surface area (Å²) < 4.78 is 6.69. The molecule has 1 saturated heterocycles. The summed E-state index contributed by atoms with van der Waals surface area (Å²) in [6.45, 7) is -0.483. The highest BCUT2D eigenvalue weighted by molar-refractivity contribution is 6.07. The zero-order chi connectivity index (χ0) is 19.1. The molecule has 0 unspecified atom stereocenters. The second-order valence-corrected chi connectivity index (χ2v) is 6.03. The van der Waals surface area contributed by atoms with Crippen molar-refractivity contribution in [2.75, 3.05) is 12.3 Å². The van der Waals surface area contributed by atoms with E-state index in [2.05, 4.69) is 15.0 Å². The van der Waals surface area contributed by atoms with E-state index in [1.54, 1.807) is 30.3 Å². The van der Waals surface area contributed by atoms with E-state index in [0.717, 1.165) is 0 Å². The van der Waals surface area contributed by atoms with Gasteiger partial charge in [-0.15, -0.1) is 0 Å². The Morgan fingerprint density at radius 1 is 1.22 bits per heavy atom. The van der Waals surface area contributed by atoms with Gasteiger partial charge in [0.2, 0.25) is 17.8 Å². The quantitative estimate of drug-likeness (QED) is 0.427. The molecular formula is C17H16N5O5. The maximum Gasteiger partial charge on any atom is 0.230 e. The number of rotatable bonds is 4. The number of fused-ring (bicyclic) bond motifs is 1. The van der Waals surface area contributed by atoms with E-state index in [1.807, 2.05) is 0 Å². The smallest absolute Gasteiger partial charge is 0.230 e. The Hall–Kier alpha value is -2.92. The van der Waals surface area contributed by atoms with Crippen molar-refractivity contribution in [3.05, 3.63) is 54.3 Å². The first kappa shape index (κ1) is 17.5. The summed E-state index contributed by atoms with van der Waals surface area (Å²) >= 11 is 0. The second kappa shape index (κ2) is 6.67. The largest absolute Gasteiger partial charge is 0.394 e. The van der Waals surface area contributed by atoms with Gasteiger partial charge in [-0.05, 0) is 0 Å². The molecule has 5 N–H and O–H groups in total. The average Bonchev–Trinajstić information content (AvgIpc) is 3.23. The fourth-order valence-corrected chi connectivity index (χ4v) is 2.89. The molecule has 1 radical (unpaired) electrons. The van der Waals surface area contributed by atoms with Gasteiger partial charge in [0.25, 0.3) is 0 Å². The number of aromatic nitrogens is 4. The third kappa shape index (κ3) is 2.84. The Balaban J connectivity index is 1.78. The fraction of sp³-hybridized carbons (Fsp3) is 0.235. The Bertz CT molecular complexity index is 992. The molecule has 0 aliphatic carbocycles. The van der Waals surface area contributed by atoms with E-state index in [0.29, 0.717) is 5.56 Å². The van der Waals surface area contributed by atoms with Crippen LogP contribution >= 0.6 is 0 Å². The van der Waals surface area contributed by atoms with Gasteiger partial charge in [-0.2, -0.15) is 0 Å². The lowest BCUT2D eigenvalue weighted by Gasteiger charge is -2.14. The molecule has 0 saturated carbocycles. The maximum atomic E-state index is 12.6. The van der Waals surface area contributed by atoms with Crippen molar-refractivity contribution in [2.24, 2.45) is 0 Å². The minimum absolute atomic E-state index is 0.00891. The number of imidazole rings is 1. The number of ether oxygens (including phenoxy) is 1. The van der Waals surface area contributed by atoms with Gasteiger partial charge in [0.05, 0.1) is 12.9 Å². The molecule has 0 bridgehead atoms. The van der Waals surface area contributed by atoms with Crippen LogP contribution in [-0.2, 0) is 4.74 Å². The molecular weight excluding hydrogens is 354 g/mol. The minimum Gasteiger partial charge on any atom is -0.394 e. The highest BCUT2D eigenvalue weighted by atomic mass is 16.6. The van der Waals surface area contributed by atoms with Crippen LogP contribution in [0.5, 0.6) is 0 Å². The fourth-order valence-electron chi connectivity index (χ4n) is 2.89. The molecule has 139 valence electrons. The van der Waals surface area contributed by atoms with Crippen LogP contribution in [-0.4, -0.2) is 65.5 Å². The van der Waals surface area contributed by atoms with E-state index in [1.165, 1.54) is 10.9 Å². The molecule has 10 heteroatoms. The number of hydrogen-bond donors (Lipinski definition) is 4. The third-order valence-corrected chi connectivity index (χ3v) is 4.31. The Morgan fingerprint density at radius 3 is 2.63 bits per heavy atom. The van der Waals surface area contributed by atoms with Crippen molar-refractivity contribution in [3.63, 3.8) is 0 Å². The van der Waals surface area contributed by atoms with Gasteiger partial charge in [0.1, 0.15) is 23.8 Å². The van der Waals surface area contributed by atoms with Crippen molar-refractivity contribution in [1.29, 1.82) is 0 Å². The lowest BCUT2D eigenvalue weighted by atomic mass is 10.1. The number of hydrogen-bond acceptors (Lipinski definition) is 9. The van der Waals surface area contributed by atoms with E-state index < -0.39 is 30.7 Å². The van der Waals surface area contributed by atoms with Crippen LogP contribution in [0, 0.1) is 6.23 Å². The Kier molecular flexibility index (Phi) is 4.32. The maximum absolute atomic E-state index is 12.6. The lowest BCUT2D eigenvalue weighted by molar-refractivity contribution is -0.00653. The number of ketones is 1. The topological polar surface area (TPSA) is 157 Å². The number of nitrogen functional groups attached to an aromatic ring is 1. The molecule has 0 spiro atoms. The van der Waals surface area contributed by atoms with Crippen molar-refractivity contribution in [2.45, 2.75) is 18.3 Å². The summed E-state index contributed by atoms with van der Waals surface area (Å²) in [5.41, 5.74) is 6.66. The van der Waals surface area contributed by atoms with Gasteiger partial charge < -0.3 is 25.8 Å². The molecule has 27 heavy (non-hydrogen) atoms. The Morgan fingerprint density at radius 2 is 1.96 bits per heavy atom. The van der Waals surface area contributed by atoms with Crippen LogP contribution < -0.4 is 5.73 Å². The number of aliphatic hydroxyl groups excluding tert-OH is 3. The standard InChI is InChI=1S/C17H16N5O5/c18-14-10-16(21-15(20-14)11(24)8-4-2-1-3-5-8)22(7-19-10)17-13(26)12(25)9(6-23)27-17/h1-5,7,9,12-13,23,25-26H,6H2,(H2,18,20,21)/t9-,12-,13-/m1/s1. The number of carbonyl (C=O) groups excluding carboxylic acids is 1. The van der Waals surface area contributed by atoms with E-state index in [-0.39, 0.29) is 29.0 Å². The predicted octanol–water partition coefficient (Wildman–Crippen LogP) is -0.910. The van der Waals surface area contributed by atoms with Gasteiger partial charge in [-0.1, -0.05) is 30.3 Å². The molecule has 1 aromatic carbocycles. The van der Waals surface area contributed by atoms with Gasteiger partial charge >= 0.3 is 0 Å². The van der Waals surface area contributed by atoms with Gasteiger partial charge in [-0.3, -0.25) is 9.36 Å². The van der Waals surface area contributed by atoms with Crippen LogP contribution in [0.3, 0.4) is 0 Å². The van der Waals surface area contributed by atoms with Crippen LogP contribution in [0.2, 0.25) is 0 Å². The number of nitrogens with zero attached hydrogens (tertiary/aromatic N) is 4. The summed E-state index contributed by atoms with van der Waals surface area (Å²) in [6, 6.07) is 8.47. The number of aliphatic hydroxyl groups is 3. The molecule has 4 rings (SSSR count). The first-order chi connectivity index (χ1) is 13.0. The highest BCUT2D eigenvalue weighted by Gasteiger charge is 2.45. The van der Waals surface area contributed by atoms with Crippen LogP contribution in [0.1, 0.15) is 16.2 Å². The zero-order valence-electron chi connectivity index (χ0n) is 13.9. The highest BCUT2D eigenvalue weighted by Crippen LogP contribution is 2.31. The second-order valence-electron chi connectivity index (χ2n) is 6.03. The molecule has 1 aliphatic heterocycles. The number of benzene rings is 1. The Labute approximate surface area is 152 Å². The van der Waals surface area contributed by atoms with E-state index in [4.69, 9.17) is 10.5 Å². The van der Waals surface area contributed by atoms with Crippen LogP contribution in [0.4, 0.5) is 5.82 Å². The summed E-state index contributed by atoms with van der Waals surface area (Å²) in [4.78, 5) is 25.0. The number of anilines is 1. The third-order valence-electron chi connectivity index (χ3n) is 4.31. The molecule has 3 atom stereocenters. The molecule has 0 amide bonds. The van der Waals surface area contributed by atoms with Gasteiger partial charge in [0, 0.05) is 5.56 Å². The predicted molar refractivity (Wildman–Crippen MR) is 92.2 cm³/mol. The first-order valence-electron chi connectivity index (χ1n) is 8.12. The molecule has 3 heterocycles. The van der Waals surface area contributed by atoms with Crippen LogP contribution in [0.25, 0.3) is 11.2 Å². The van der Waals surface area contributed by atoms with Gasteiger partial charge in [-0.25, -0.2) is 15.0 Å².